The maximum Gasteiger partial charge on any atom is 0.341 e. The van der Waals surface area contributed by atoms with Crippen LogP contribution in [0.15, 0.2) is 43.0 Å². The Kier molecular flexibility index (Phi) is 4.27. The molecule has 3 rings (SSSR count). The highest BCUT2D eigenvalue weighted by atomic mass is 19.1. The first-order valence-electron chi connectivity index (χ1n) is 7.22. The number of esters is 1. The molecule has 6 nitrogen and oxygen atoms in total. The van der Waals surface area contributed by atoms with Gasteiger partial charge in [0.25, 0.3) is 0 Å². The molecule has 0 unspecified atom stereocenters. The van der Waals surface area contributed by atoms with Gasteiger partial charge in [-0.25, -0.2) is 9.18 Å². The summed E-state index contributed by atoms with van der Waals surface area (Å²) in [5.41, 5.74) is 0.710. The lowest BCUT2D eigenvalue weighted by atomic mass is 10.1. The Hall–Kier alpha value is -2.83. The summed E-state index contributed by atoms with van der Waals surface area (Å²) >= 11 is 0. The number of benzene rings is 1. The van der Waals surface area contributed by atoms with Crippen LogP contribution in [0.1, 0.15) is 23.7 Å². The predicted molar refractivity (Wildman–Crippen MR) is 81.2 cm³/mol. The minimum absolute atomic E-state index is 0.135. The number of carbonyl (C=O) groups excluding carboxylic acids is 1. The van der Waals surface area contributed by atoms with Gasteiger partial charge in [0.2, 0.25) is 0 Å². The molecule has 1 aromatic carbocycles. The van der Waals surface area contributed by atoms with Crippen LogP contribution >= 0.6 is 0 Å². The summed E-state index contributed by atoms with van der Waals surface area (Å²) in [6.45, 7) is 2.38. The van der Waals surface area contributed by atoms with Crippen molar-refractivity contribution in [1.82, 2.24) is 19.7 Å². The average Bonchev–Trinajstić information content (AvgIpc) is 3.05. The average molecular weight is 314 g/mol. The molecule has 7 heteroatoms. The molecule has 23 heavy (non-hydrogen) atoms. The second kappa shape index (κ2) is 6.51. The summed E-state index contributed by atoms with van der Waals surface area (Å²) in [6.07, 6.45) is 6.70. The predicted octanol–water partition coefficient (Wildman–Crippen LogP) is 2.60. The zero-order chi connectivity index (χ0) is 16.2. The quantitative estimate of drug-likeness (QED) is 0.677. The van der Waals surface area contributed by atoms with Gasteiger partial charge >= 0.3 is 5.97 Å². The maximum absolute atomic E-state index is 14.0. The van der Waals surface area contributed by atoms with Gasteiger partial charge in [0.05, 0.1) is 16.6 Å². The van der Waals surface area contributed by atoms with E-state index in [9.17, 15) is 9.18 Å². The highest BCUT2D eigenvalue weighted by molar-refractivity contribution is 5.93. The second-order valence-electron chi connectivity index (χ2n) is 5.15. The van der Waals surface area contributed by atoms with E-state index in [0.717, 1.165) is 0 Å². The maximum atomic E-state index is 14.0. The molecular weight excluding hydrogens is 299 g/mol. The molecule has 0 bridgehead atoms. The van der Waals surface area contributed by atoms with Crippen molar-refractivity contribution < 1.29 is 13.9 Å². The van der Waals surface area contributed by atoms with Gasteiger partial charge in [-0.15, -0.1) is 0 Å². The number of aromatic nitrogens is 4. The van der Waals surface area contributed by atoms with Crippen LogP contribution in [0.2, 0.25) is 0 Å². The molecule has 0 saturated heterocycles. The Morgan fingerprint density at radius 1 is 1.26 bits per heavy atom. The van der Waals surface area contributed by atoms with Crippen molar-refractivity contribution in [2.24, 2.45) is 0 Å². The molecular formula is C16H15FN4O2. The molecule has 0 fully saturated rings. The van der Waals surface area contributed by atoms with E-state index in [1.54, 1.807) is 17.8 Å². The monoisotopic (exact) mass is 314 g/mol. The molecule has 118 valence electrons. The van der Waals surface area contributed by atoms with Gasteiger partial charge in [0.1, 0.15) is 11.9 Å². The molecule has 3 aromatic rings. The van der Waals surface area contributed by atoms with Crippen LogP contribution in [0.25, 0.3) is 11.0 Å². The molecule has 0 aliphatic carbocycles. The van der Waals surface area contributed by atoms with Gasteiger partial charge in [0, 0.05) is 43.8 Å². The smallest absolute Gasteiger partial charge is 0.341 e. The minimum atomic E-state index is -0.706. The second-order valence-corrected chi connectivity index (χ2v) is 5.15. The van der Waals surface area contributed by atoms with E-state index < -0.39 is 11.8 Å². The van der Waals surface area contributed by atoms with E-state index in [4.69, 9.17) is 4.74 Å². The summed E-state index contributed by atoms with van der Waals surface area (Å²) < 4.78 is 21.1. The molecule has 1 atom stereocenters. The van der Waals surface area contributed by atoms with Crippen molar-refractivity contribution in [3.8, 4) is 0 Å². The lowest BCUT2D eigenvalue weighted by Crippen LogP contribution is -2.18. The van der Waals surface area contributed by atoms with Crippen molar-refractivity contribution in [2.45, 2.75) is 26.0 Å². The first kappa shape index (κ1) is 15.1. The zero-order valence-corrected chi connectivity index (χ0v) is 12.5. The molecule has 0 aliphatic heterocycles. The van der Waals surface area contributed by atoms with Crippen LogP contribution in [0.3, 0.4) is 0 Å². The van der Waals surface area contributed by atoms with E-state index >= 15 is 0 Å². The third kappa shape index (κ3) is 3.50. The Morgan fingerprint density at radius 3 is 2.70 bits per heavy atom. The lowest BCUT2D eigenvalue weighted by Gasteiger charge is -2.13. The van der Waals surface area contributed by atoms with E-state index in [1.165, 1.54) is 24.5 Å². The minimum Gasteiger partial charge on any atom is -0.459 e. The Balaban J connectivity index is 1.68. The number of aryl methyl sites for hydroxylation is 1. The molecule has 0 saturated carbocycles. The number of halogens is 1. The van der Waals surface area contributed by atoms with Crippen LogP contribution in [0, 0.1) is 5.82 Å². The van der Waals surface area contributed by atoms with Gasteiger partial charge in [-0.1, -0.05) is 0 Å². The number of ether oxygens (including phenoxy) is 1. The molecule has 2 heterocycles. The van der Waals surface area contributed by atoms with E-state index in [2.05, 4.69) is 15.1 Å². The molecule has 0 N–H and O–H groups in total. The summed E-state index contributed by atoms with van der Waals surface area (Å²) in [6, 6.07) is 4.37. The van der Waals surface area contributed by atoms with Gasteiger partial charge in [0.15, 0.2) is 0 Å². The number of carbonyl (C=O) groups is 1. The number of fused-ring (bicyclic) bond motifs is 1. The lowest BCUT2D eigenvalue weighted by molar-refractivity contribution is 0.0309. The SMILES string of the molecule is C[C@H](CCn1cccn1)OC(=O)c1cc2nccnc2cc1F. The molecule has 0 radical (unpaired) electrons. The van der Waals surface area contributed by atoms with Crippen LogP contribution in [0.4, 0.5) is 4.39 Å². The standard InChI is InChI=1S/C16H15FN4O2/c1-11(3-8-21-7-2-4-20-21)23-16(22)12-9-14-15(10-13(12)17)19-6-5-18-14/h2,4-7,9-11H,3,8H2,1H3/t11-/m1/s1. The fourth-order valence-electron chi connectivity index (χ4n) is 2.19. The fraction of sp³-hybridized carbons (Fsp3) is 0.250. The molecule has 0 spiro atoms. The number of hydrogen-bond donors (Lipinski definition) is 0. The number of hydrogen-bond acceptors (Lipinski definition) is 5. The molecule has 0 aliphatic rings. The van der Waals surface area contributed by atoms with Crippen molar-refractivity contribution in [3.63, 3.8) is 0 Å². The Bertz CT molecular complexity index is 820. The number of nitrogens with zero attached hydrogens (tertiary/aromatic N) is 4. The van der Waals surface area contributed by atoms with E-state index in [-0.39, 0.29) is 11.7 Å². The zero-order valence-electron chi connectivity index (χ0n) is 12.5. The van der Waals surface area contributed by atoms with Crippen molar-refractivity contribution in [3.05, 3.63) is 54.4 Å². The summed E-state index contributed by atoms with van der Waals surface area (Å²) in [5.74, 6) is -1.37. The molecule has 0 amide bonds. The fourth-order valence-corrected chi connectivity index (χ4v) is 2.19. The molecule has 2 aromatic heterocycles. The summed E-state index contributed by atoms with van der Waals surface area (Å²) in [5, 5.41) is 4.07. The first-order chi connectivity index (χ1) is 11.1. The van der Waals surface area contributed by atoms with Crippen LogP contribution in [0.5, 0.6) is 0 Å². The van der Waals surface area contributed by atoms with Crippen molar-refractivity contribution in [2.75, 3.05) is 0 Å². The Morgan fingerprint density at radius 2 is 2.00 bits per heavy atom. The normalized spacial score (nSPS) is 12.3. The third-order valence-electron chi connectivity index (χ3n) is 3.41. The van der Waals surface area contributed by atoms with Crippen LogP contribution in [-0.4, -0.2) is 31.8 Å². The van der Waals surface area contributed by atoms with E-state index in [1.807, 2.05) is 12.3 Å². The van der Waals surface area contributed by atoms with Gasteiger partial charge in [-0.3, -0.25) is 14.6 Å². The largest absolute Gasteiger partial charge is 0.459 e. The summed E-state index contributed by atoms with van der Waals surface area (Å²) in [7, 11) is 0. The van der Waals surface area contributed by atoms with Crippen molar-refractivity contribution >= 4 is 17.0 Å². The van der Waals surface area contributed by atoms with Crippen LogP contribution in [-0.2, 0) is 11.3 Å². The van der Waals surface area contributed by atoms with Gasteiger partial charge in [-0.05, 0) is 19.1 Å². The topological polar surface area (TPSA) is 69.9 Å². The summed E-state index contributed by atoms with van der Waals surface area (Å²) in [4.78, 5) is 20.2. The van der Waals surface area contributed by atoms with E-state index in [0.29, 0.717) is 24.0 Å². The highest BCUT2D eigenvalue weighted by Gasteiger charge is 2.18. The van der Waals surface area contributed by atoms with Crippen LogP contribution < -0.4 is 0 Å². The number of rotatable bonds is 5. The highest BCUT2D eigenvalue weighted by Crippen LogP contribution is 2.17. The van der Waals surface area contributed by atoms with Gasteiger partial charge < -0.3 is 4.74 Å². The van der Waals surface area contributed by atoms with Crippen molar-refractivity contribution in [1.29, 1.82) is 0 Å². The first-order valence-corrected chi connectivity index (χ1v) is 7.22. The van der Waals surface area contributed by atoms with Gasteiger partial charge in [-0.2, -0.15) is 5.10 Å². The third-order valence-corrected chi connectivity index (χ3v) is 3.41. The Labute approximate surface area is 131 Å².